The Hall–Kier alpha value is -6.84. The Balaban J connectivity index is 1.13. The van der Waals surface area contributed by atoms with E-state index >= 15 is 0 Å². The molecule has 3 nitrogen and oxygen atoms in total. The summed E-state index contributed by atoms with van der Waals surface area (Å²) in [6.07, 6.45) is 1.98. The molecule has 0 saturated carbocycles. The van der Waals surface area contributed by atoms with Gasteiger partial charge in [0.1, 0.15) is 5.75 Å². The van der Waals surface area contributed by atoms with E-state index in [9.17, 15) is 0 Å². The van der Waals surface area contributed by atoms with Crippen LogP contribution in [0.1, 0.15) is 0 Å². The van der Waals surface area contributed by atoms with Gasteiger partial charge in [-0.1, -0.05) is 140 Å². The first-order valence-electron chi connectivity index (χ1n) is 17.6. The predicted molar refractivity (Wildman–Crippen MR) is 215 cm³/mol. The van der Waals surface area contributed by atoms with Crippen LogP contribution in [0.5, 0.6) is 5.75 Å². The van der Waals surface area contributed by atoms with Gasteiger partial charge in [0.05, 0.1) is 23.8 Å². The highest BCUT2D eigenvalue weighted by Gasteiger charge is 2.13. The van der Waals surface area contributed by atoms with Crippen LogP contribution < -0.4 is 4.74 Å². The Morgan fingerprint density at radius 1 is 0.365 bits per heavy atom. The van der Waals surface area contributed by atoms with E-state index in [1.165, 1.54) is 16.7 Å². The minimum Gasteiger partial charge on any atom is -0.496 e. The fourth-order valence-corrected chi connectivity index (χ4v) is 7.50. The summed E-state index contributed by atoms with van der Waals surface area (Å²) in [4.78, 5) is 10.2. The standard InChI is InChI=1S/C49H32N2O/c1-52-47-29-42-22-24-45(47)35-16-12-33(13-17-35)38-4-2-5-39(26-38)40-6-3-7-41(27-40)44-28-43-21-20-37-23-25-46(51-49(37)48(43)50-30-44)36-18-14-32(15-19-36)31-8-10-34(42)11-9-31/h2-30H,1H3. The number of ether oxygens (including phenoxy) is 1. The summed E-state index contributed by atoms with van der Waals surface area (Å²) in [6, 6.07) is 60.9. The molecule has 19 rings (SSSR count). The van der Waals surface area contributed by atoms with Gasteiger partial charge in [0.25, 0.3) is 0 Å². The maximum absolute atomic E-state index is 5.93. The van der Waals surface area contributed by atoms with Crippen molar-refractivity contribution >= 4 is 21.8 Å². The quantitative estimate of drug-likeness (QED) is 0.164. The van der Waals surface area contributed by atoms with Gasteiger partial charge in [-0.15, -0.1) is 0 Å². The molecule has 7 aromatic carbocycles. The molecule has 0 amide bonds. The van der Waals surface area contributed by atoms with Crippen molar-refractivity contribution < 1.29 is 4.74 Å². The van der Waals surface area contributed by atoms with E-state index in [-0.39, 0.29) is 0 Å². The highest BCUT2D eigenvalue weighted by Crippen LogP contribution is 2.37. The van der Waals surface area contributed by atoms with Crippen molar-refractivity contribution in [3.05, 3.63) is 176 Å². The molecule has 2 aromatic heterocycles. The van der Waals surface area contributed by atoms with Gasteiger partial charge in [-0.25, -0.2) is 4.98 Å². The summed E-state index contributed by atoms with van der Waals surface area (Å²) in [7, 11) is 1.74. The van der Waals surface area contributed by atoms with Crippen LogP contribution in [-0.4, -0.2) is 17.1 Å². The van der Waals surface area contributed by atoms with E-state index in [0.29, 0.717) is 0 Å². The van der Waals surface area contributed by atoms with Crippen LogP contribution in [0.3, 0.4) is 0 Å². The van der Waals surface area contributed by atoms with Crippen molar-refractivity contribution in [3.63, 3.8) is 0 Å². The summed E-state index contributed by atoms with van der Waals surface area (Å²) in [5, 5.41) is 2.15. The summed E-state index contributed by atoms with van der Waals surface area (Å²) in [6.45, 7) is 0. The minimum atomic E-state index is 0.851. The molecule has 9 aromatic rings. The molecule has 17 bridgehead atoms. The lowest BCUT2D eigenvalue weighted by Gasteiger charge is -2.13. The number of benzene rings is 7. The molecule has 10 aliphatic heterocycles. The number of methoxy groups -OCH3 is 1. The lowest BCUT2D eigenvalue weighted by atomic mass is 9.94. The van der Waals surface area contributed by atoms with Gasteiger partial charge in [-0.05, 0) is 86.0 Å². The minimum absolute atomic E-state index is 0.851. The second-order valence-electron chi connectivity index (χ2n) is 13.4. The summed E-state index contributed by atoms with van der Waals surface area (Å²) >= 11 is 0. The van der Waals surface area contributed by atoms with Gasteiger partial charge in [0.2, 0.25) is 0 Å². The molecule has 0 unspecified atom stereocenters. The van der Waals surface area contributed by atoms with Gasteiger partial charge in [0.15, 0.2) is 0 Å². The van der Waals surface area contributed by atoms with Crippen molar-refractivity contribution in [1.29, 1.82) is 0 Å². The van der Waals surface area contributed by atoms with Gasteiger partial charge in [0, 0.05) is 33.7 Å². The van der Waals surface area contributed by atoms with Crippen molar-refractivity contribution in [2.75, 3.05) is 7.11 Å². The van der Waals surface area contributed by atoms with Crippen LogP contribution >= 0.6 is 0 Å². The zero-order valence-electron chi connectivity index (χ0n) is 28.5. The van der Waals surface area contributed by atoms with E-state index in [4.69, 9.17) is 14.7 Å². The Bertz CT molecular complexity index is 2800. The van der Waals surface area contributed by atoms with E-state index < -0.39 is 0 Å². The molecule has 0 spiro atoms. The molecule has 0 atom stereocenters. The van der Waals surface area contributed by atoms with Crippen molar-refractivity contribution in [2.45, 2.75) is 0 Å². The van der Waals surface area contributed by atoms with Crippen LogP contribution in [0, 0.1) is 0 Å². The zero-order valence-corrected chi connectivity index (χ0v) is 28.5. The lowest BCUT2D eigenvalue weighted by molar-refractivity contribution is 0.416. The fourth-order valence-electron chi connectivity index (χ4n) is 7.50. The van der Waals surface area contributed by atoms with Crippen molar-refractivity contribution in [1.82, 2.24) is 9.97 Å². The van der Waals surface area contributed by atoms with Crippen molar-refractivity contribution in [3.8, 4) is 83.8 Å². The molecule has 244 valence electrons. The molecular weight excluding hydrogens is 633 g/mol. The maximum atomic E-state index is 5.93. The summed E-state index contributed by atoms with van der Waals surface area (Å²) in [5.41, 5.74) is 17.5. The second kappa shape index (κ2) is 12.2. The van der Waals surface area contributed by atoms with Crippen LogP contribution in [0.2, 0.25) is 0 Å². The molecule has 0 radical (unpaired) electrons. The molecule has 3 heteroatoms. The highest BCUT2D eigenvalue weighted by atomic mass is 16.5. The monoisotopic (exact) mass is 664 g/mol. The third-order valence-corrected chi connectivity index (χ3v) is 10.4. The number of rotatable bonds is 1. The smallest absolute Gasteiger partial charge is 0.127 e. The Labute approximate surface area is 302 Å². The van der Waals surface area contributed by atoms with Gasteiger partial charge in [-0.3, -0.25) is 4.98 Å². The predicted octanol–water partition coefficient (Wildman–Crippen LogP) is 12.8. The zero-order chi connectivity index (χ0) is 34.6. The van der Waals surface area contributed by atoms with Crippen LogP contribution in [-0.2, 0) is 0 Å². The second-order valence-corrected chi connectivity index (χ2v) is 13.4. The maximum Gasteiger partial charge on any atom is 0.127 e. The van der Waals surface area contributed by atoms with Gasteiger partial charge in [-0.2, -0.15) is 0 Å². The summed E-state index contributed by atoms with van der Waals surface area (Å²) < 4.78 is 5.93. The summed E-state index contributed by atoms with van der Waals surface area (Å²) in [5.74, 6) is 0.851. The topological polar surface area (TPSA) is 35.0 Å². The molecule has 0 fully saturated rings. The van der Waals surface area contributed by atoms with E-state index in [1.807, 2.05) is 6.20 Å². The Morgan fingerprint density at radius 2 is 0.846 bits per heavy atom. The first-order chi connectivity index (χ1) is 25.7. The fraction of sp³-hybridized carbons (Fsp3) is 0.0204. The normalized spacial score (nSPS) is 11.6. The largest absolute Gasteiger partial charge is 0.496 e. The number of hydrogen-bond donors (Lipinski definition) is 0. The molecule has 10 aliphatic rings. The third-order valence-electron chi connectivity index (χ3n) is 10.4. The average molecular weight is 665 g/mol. The molecule has 0 aliphatic carbocycles. The number of hydrogen-bond acceptors (Lipinski definition) is 3. The Kier molecular flexibility index (Phi) is 7.04. The van der Waals surface area contributed by atoms with E-state index in [0.717, 1.165) is 88.9 Å². The van der Waals surface area contributed by atoms with Gasteiger partial charge >= 0.3 is 0 Å². The van der Waals surface area contributed by atoms with Crippen molar-refractivity contribution in [2.24, 2.45) is 0 Å². The van der Waals surface area contributed by atoms with E-state index in [1.54, 1.807) is 7.11 Å². The van der Waals surface area contributed by atoms with Crippen LogP contribution in [0.15, 0.2) is 176 Å². The molecule has 12 heterocycles. The molecule has 0 saturated heterocycles. The highest BCUT2D eigenvalue weighted by molar-refractivity contribution is 6.04. The Morgan fingerprint density at radius 3 is 1.48 bits per heavy atom. The SMILES string of the molecule is COc1cc2ccc1-c1ccc(cc1)-c1cccc(c1)-c1cccc(c1)-c1cnc3c(ccc4ccc(nc43)-c3ccc(cc3)-c3ccc-2cc3)c1. The molecule has 0 N–H and O–H groups in total. The first kappa shape index (κ1) is 30.0. The van der Waals surface area contributed by atoms with E-state index in [2.05, 4.69) is 170 Å². The number of aromatic nitrogens is 2. The average Bonchev–Trinajstić information content (AvgIpc) is 3.23. The van der Waals surface area contributed by atoms with Crippen LogP contribution in [0.25, 0.3) is 99.8 Å². The third kappa shape index (κ3) is 5.23. The van der Waals surface area contributed by atoms with Gasteiger partial charge < -0.3 is 4.74 Å². The first-order valence-corrected chi connectivity index (χ1v) is 17.6. The lowest BCUT2D eigenvalue weighted by Crippen LogP contribution is -1.90. The number of pyridine rings is 2. The number of nitrogens with zero attached hydrogens (tertiary/aromatic N) is 2. The molecule has 52 heavy (non-hydrogen) atoms. The van der Waals surface area contributed by atoms with Crippen LogP contribution in [0.4, 0.5) is 0 Å². The molecular formula is C49H32N2O.